The first-order valence-electron chi connectivity index (χ1n) is 5.13. The Labute approximate surface area is 127 Å². The minimum atomic E-state index is -1.01. The molecule has 0 radical (unpaired) electrons. The second-order valence-corrected chi connectivity index (χ2v) is 5.24. The highest BCUT2D eigenvalue weighted by atomic mass is 79.9. The van der Waals surface area contributed by atoms with Crippen LogP contribution in [-0.2, 0) is 0 Å². The normalized spacial score (nSPS) is 10.3. The summed E-state index contributed by atoms with van der Waals surface area (Å²) in [6.45, 7) is 0. The van der Waals surface area contributed by atoms with Gasteiger partial charge in [-0.2, -0.15) is 0 Å². The number of rotatable bonds is 3. The Kier molecular flexibility index (Phi) is 4.34. The predicted octanol–water partition coefficient (Wildman–Crippen LogP) is 5.25. The monoisotopic (exact) mass is 360 g/mol. The van der Waals surface area contributed by atoms with Gasteiger partial charge < -0.3 is 9.84 Å². The van der Waals surface area contributed by atoms with Crippen molar-refractivity contribution in [1.29, 1.82) is 0 Å². The summed E-state index contributed by atoms with van der Waals surface area (Å²) in [5, 5.41) is 9.56. The SMILES string of the molecule is O=C(O)c1ccc(Oc2cccc(Cl)c2Cl)c(Br)c1. The molecule has 19 heavy (non-hydrogen) atoms. The van der Waals surface area contributed by atoms with Crippen LogP contribution in [0.4, 0.5) is 0 Å². The van der Waals surface area contributed by atoms with Gasteiger partial charge in [-0.3, -0.25) is 0 Å². The molecule has 1 N–H and O–H groups in total. The molecule has 0 aliphatic heterocycles. The van der Waals surface area contributed by atoms with Gasteiger partial charge in [0.15, 0.2) is 0 Å². The number of ether oxygens (including phenoxy) is 1. The van der Waals surface area contributed by atoms with E-state index in [2.05, 4.69) is 15.9 Å². The summed E-state index contributed by atoms with van der Waals surface area (Å²) in [4.78, 5) is 10.8. The van der Waals surface area contributed by atoms with Crippen molar-refractivity contribution < 1.29 is 14.6 Å². The van der Waals surface area contributed by atoms with Crippen LogP contribution in [0.2, 0.25) is 10.0 Å². The van der Waals surface area contributed by atoms with Crippen LogP contribution in [0.5, 0.6) is 11.5 Å². The van der Waals surface area contributed by atoms with Gasteiger partial charge in [-0.15, -0.1) is 0 Å². The molecule has 0 amide bonds. The van der Waals surface area contributed by atoms with Crippen LogP contribution in [-0.4, -0.2) is 11.1 Å². The molecule has 2 rings (SSSR count). The van der Waals surface area contributed by atoms with Crippen molar-refractivity contribution in [3.05, 3.63) is 56.5 Å². The van der Waals surface area contributed by atoms with Crippen LogP contribution in [0.3, 0.4) is 0 Å². The van der Waals surface area contributed by atoms with E-state index in [0.717, 1.165) is 0 Å². The lowest BCUT2D eigenvalue weighted by Crippen LogP contribution is -1.96. The van der Waals surface area contributed by atoms with Crippen molar-refractivity contribution in [3.8, 4) is 11.5 Å². The summed E-state index contributed by atoms with van der Waals surface area (Å²) in [6.07, 6.45) is 0. The van der Waals surface area contributed by atoms with Gasteiger partial charge in [-0.1, -0.05) is 29.3 Å². The third-order valence-electron chi connectivity index (χ3n) is 2.31. The maximum Gasteiger partial charge on any atom is 0.335 e. The standard InChI is InChI=1S/C13H7BrCl2O3/c14-8-6-7(13(17)18)4-5-10(8)19-11-3-1-2-9(15)12(11)16/h1-6H,(H,17,18). The lowest BCUT2D eigenvalue weighted by molar-refractivity contribution is 0.0697. The molecular weight excluding hydrogens is 355 g/mol. The summed E-state index contributed by atoms with van der Waals surface area (Å²) in [7, 11) is 0. The molecule has 3 nitrogen and oxygen atoms in total. The van der Waals surface area contributed by atoms with E-state index in [0.29, 0.717) is 26.0 Å². The van der Waals surface area contributed by atoms with Crippen LogP contribution in [0.1, 0.15) is 10.4 Å². The van der Waals surface area contributed by atoms with E-state index in [4.69, 9.17) is 33.0 Å². The fourth-order valence-corrected chi connectivity index (χ4v) is 2.19. The first kappa shape index (κ1) is 14.2. The quantitative estimate of drug-likeness (QED) is 0.812. The van der Waals surface area contributed by atoms with E-state index in [1.165, 1.54) is 12.1 Å². The van der Waals surface area contributed by atoms with Crippen molar-refractivity contribution in [3.63, 3.8) is 0 Å². The highest BCUT2D eigenvalue weighted by Crippen LogP contribution is 2.37. The van der Waals surface area contributed by atoms with Gasteiger partial charge in [0.1, 0.15) is 16.5 Å². The fraction of sp³-hybridized carbons (Fsp3) is 0. The summed E-state index contributed by atoms with van der Waals surface area (Å²) in [5.41, 5.74) is 0.163. The number of hydrogen-bond donors (Lipinski definition) is 1. The maximum absolute atomic E-state index is 10.8. The second kappa shape index (κ2) is 5.82. The van der Waals surface area contributed by atoms with Gasteiger partial charge in [0.2, 0.25) is 0 Å². The molecule has 2 aromatic rings. The summed E-state index contributed by atoms with van der Waals surface area (Å²) < 4.78 is 6.12. The zero-order chi connectivity index (χ0) is 14.0. The first-order chi connectivity index (χ1) is 8.99. The fourth-order valence-electron chi connectivity index (χ4n) is 1.40. The molecule has 0 aliphatic rings. The number of aromatic carboxylic acids is 1. The largest absolute Gasteiger partial charge is 0.478 e. The van der Waals surface area contributed by atoms with Crippen LogP contribution < -0.4 is 4.74 Å². The lowest BCUT2D eigenvalue weighted by Gasteiger charge is -2.10. The number of halogens is 3. The molecule has 0 aromatic heterocycles. The van der Waals surface area contributed by atoms with Gasteiger partial charge in [0.05, 0.1) is 15.1 Å². The first-order valence-corrected chi connectivity index (χ1v) is 6.68. The van der Waals surface area contributed by atoms with Crippen molar-refractivity contribution in [1.82, 2.24) is 0 Å². The van der Waals surface area contributed by atoms with E-state index < -0.39 is 5.97 Å². The summed E-state index contributed by atoms with van der Waals surface area (Å²) in [5.74, 6) is -0.153. The lowest BCUT2D eigenvalue weighted by atomic mass is 10.2. The van der Waals surface area contributed by atoms with E-state index >= 15 is 0 Å². The predicted molar refractivity (Wildman–Crippen MR) is 77.6 cm³/mol. The van der Waals surface area contributed by atoms with Crippen molar-refractivity contribution >= 4 is 45.1 Å². The zero-order valence-electron chi connectivity index (χ0n) is 9.36. The molecule has 0 fully saturated rings. The van der Waals surface area contributed by atoms with Gasteiger partial charge in [0.25, 0.3) is 0 Å². The zero-order valence-corrected chi connectivity index (χ0v) is 12.5. The van der Waals surface area contributed by atoms with Gasteiger partial charge in [0, 0.05) is 0 Å². The average Bonchev–Trinajstić information content (AvgIpc) is 2.37. The number of hydrogen-bond acceptors (Lipinski definition) is 2. The van der Waals surface area contributed by atoms with Crippen molar-refractivity contribution in [2.75, 3.05) is 0 Å². The van der Waals surface area contributed by atoms with Crippen LogP contribution in [0.15, 0.2) is 40.9 Å². The van der Waals surface area contributed by atoms with Crippen molar-refractivity contribution in [2.45, 2.75) is 0 Å². The molecule has 0 aliphatic carbocycles. The van der Waals surface area contributed by atoms with Gasteiger partial charge in [-0.05, 0) is 46.3 Å². The molecule has 0 saturated carbocycles. The van der Waals surface area contributed by atoms with E-state index in [9.17, 15) is 4.79 Å². The van der Waals surface area contributed by atoms with E-state index in [1.54, 1.807) is 24.3 Å². The van der Waals surface area contributed by atoms with Crippen LogP contribution in [0.25, 0.3) is 0 Å². The molecular formula is C13H7BrCl2O3. The Balaban J connectivity index is 2.34. The second-order valence-electron chi connectivity index (χ2n) is 3.60. The molecule has 0 bridgehead atoms. The molecule has 0 heterocycles. The van der Waals surface area contributed by atoms with Crippen molar-refractivity contribution in [2.24, 2.45) is 0 Å². The van der Waals surface area contributed by atoms with Crippen LogP contribution in [0, 0.1) is 0 Å². The van der Waals surface area contributed by atoms with E-state index in [-0.39, 0.29) is 5.56 Å². The minimum absolute atomic E-state index is 0.163. The number of carboxylic acid groups (broad SMARTS) is 1. The molecule has 0 atom stereocenters. The highest BCUT2D eigenvalue weighted by Gasteiger charge is 2.11. The average molecular weight is 362 g/mol. The Morgan fingerprint density at radius 2 is 1.89 bits per heavy atom. The smallest absolute Gasteiger partial charge is 0.335 e. The summed E-state index contributed by atoms with van der Waals surface area (Å²) in [6, 6.07) is 9.48. The number of carbonyl (C=O) groups is 1. The van der Waals surface area contributed by atoms with Gasteiger partial charge >= 0.3 is 5.97 Å². The minimum Gasteiger partial charge on any atom is -0.478 e. The third-order valence-corrected chi connectivity index (χ3v) is 3.74. The molecule has 0 saturated heterocycles. The third kappa shape index (κ3) is 3.21. The molecule has 2 aromatic carbocycles. The highest BCUT2D eigenvalue weighted by molar-refractivity contribution is 9.10. The van der Waals surface area contributed by atoms with Crippen LogP contribution >= 0.6 is 39.1 Å². The molecule has 6 heteroatoms. The molecule has 98 valence electrons. The Morgan fingerprint density at radius 3 is 2.53 bits per heavy atom. The number of carboxylic acids is 1. The maximum atomic E-state index is 10.8. The van der Waals surface area contributed by atoms with Gasteiger partial charge in [-0.25, -0.2) is 4.79 Å². The Bertz CT molecular complexity index is 644. The Morgan fingerprint density at radius 1 is 1.16 bits per heavy atom. The molecule has 0 spiro atoms. The Hall–Kier alpha value is -1.23. The topological polar surface area (TPSA) is 46.5 Å². The summed E-state index contributed by atoms with van der Waals surface area (Å²) >= 11 is 15.1. The van der Waals surface area contributed by atoms with E-state index in [1.807, 2.05) is 0 Å². The molecule has 0 unspecified atom stereocenters. The number of benzene rings is 2.